The molecule has 4 N–H and O–H groups in total. The number of morpholine rings is 1. The van der Waals surface area contributed by atoms with Gasteiger partial charge >= 0.3 is 0 Å². The number of carbonyl (C=O) groups is 2. The van der Waals surface area contributed by atoms with Gasteiger partial charge in [0.15, 0.2) is 0 Å². The van der Waals surface area contributed by atoms with Gasteiger partial charge in [0, 0.05) is 48.9 Å². The van der Waals surface area contributed by atoms with Gasteiger partial charge in [-0.2, -0.15) is 0 Å². The highest BCUT2D eigenvalue weighted by molar-refractivity contribution is 6.48. The Balaban J connectivity index is 1.62. The van der Waals surface area contributed by atoms with Crippen LogP contribution >= 0.6 is 0 Å². The van der Waals surface area contributed by atoms with E-state index in [1.165, 1.54) is 6.07 Å². The number of nitrogens with zero attached hydrogens (tertiary/aromatic N) is 2. The van der Waals surface area contributed by atoms with E-state index in [-0.39, 0.29) is 41.3 Å². The summed E-state index contributed by atoms with van der Waals surface area (Å²) in [6.07, 6.45) is 0. The van der Waals surface area contributed by atoms with Crippen molar-refractivity contribution >= 4 is 23.1 Å². The van der Waals surface area contributed by atoms with Crippen molar-refractivity contribution in [3.8, 4) is 11.5 Å². The third-order valence-electron chi connectivity index (χ3n) is 6.54. The number of amides is 2. The molecule has 2 aliphatic rings. The number of aliphatic imine (C=N–C) groups is 1. The first-order valence-electron chi connectivity index (χ1n) is 12.6. The Bertz CT molecular complexity index is 1230. The van der Waals surface area contributed by atoms with Crippen molar-refractivity contribution in [2.45, 2.75) is 33.2 Å². The number of carbonyl (C=O) groups excluding carboxylic acids is 2. The van der Waals surface area contributed by atoms with Crippen LogP contribution in [0.4, 0.5) is 0 Å². The van der Waals surface area contributed by atoms with Gasteiger partial charge < -0.3 is 25.6 Å². The van der Waals surface area contributed by atoms with E-state index in [9.17, 15) is 19.8 Å². The van der Waals surface area contributed by atoms with Crippen LogP contribution in [0.25, 0.3) is 5.57 Å². The molecule has 0 aliphatic carbocycles. The number of phenolic OH excluding ortho intramolecular Hbond substituents is 2. The SMILES string of the molecule is CCNC(=O)C1=NCC(c2cc(C(C)C)c(O)cc2O)=C1NC(=O)c1ccc(CN2CCOCC2)cc1. The van der Waals surface area contributed by atoms with Gasteiger partial charge in [0.1, 0.15) is 17.2 Å². The standard InChI is InChI=1S/C28H34N4O5/c1-4-29-28(36)26-25(22(15-30-26)21-13-20(17(2)3)23(33)14-24(21)34)31-27(35)19-7-5-18(6-8-19)16-32-9-11-37-12-10-32/h5-8,13-14,17,33-34H,4,9-12,15-16H2,1-3H3,(H,29,36)(H,31,35). The van der Waals surface area contributed by atoms with Crippen LogP contribution in [0, 0.1) is 0 Å². The second-order valence-electron chi connectivity index (χ2n) is 9.50. The normalized spacial score (nSPS) is 16.2. The van der Waals surface area contributed by atoms with Gasteiger partial charge in [0.05, 0.1) is 25.5 Å². The molecule has 2 aromatic carbocycles. The lowest BCUT2D eigenvalue weighted by Gasteiger charge is -2.26. The molecule has 4 rings (SSSR count). The molecule has 2 aromatic rings. The molecule has 0 bridgehead atoms. The number of phenols is 2. The highest BCUT2D eigenvalue weighted by Crippen LogP contribution is 2.38. The average molecular weight is 507 g/mol. The number of nitrogens with one attached hydrogen (secondary N) is 2. The van der Waals surface area contributed by atoms with Crippen molar-refractivity contribution < 1.29 is 24.5 Å². The van der Waals surface area contributed by atoms with Gasteiger partial charge in [-0.3, -0.25) is 19.5 Å². The van der Waals surface area contributed by atoms with Gasteiger partial charge in [-0.25, -0.2) is 0 Å². The summed E-state index contributed by atoms with van der Waals surface area (Å²) in [6, 6.07) is 10.3. The molecule has 1 saturated heterocycles. The van der Waals surface area contributed by atoms with Gasteiger partial charge in [-0.05, 0) is 42.2 Å². The molecule has 2 amide bonds. The molecular weight excluding hydrogens is 472 g/mol. The summed E-state index contributed by atoms with van der Waals surface area (Å²) < 4.78 is 5.40. The number of hydrogen-bond acceptors (Lipinski definition) is 7. The van der Waals surface area contributed by atoms with Crippen molar-refractivity contribution in [3.05, 3.63) is 64.3 Å². The second-order valence-corrected chi connectivity index (χ2v) is 9.50. The topological polar surface area (TPSA) is 123 Å². The summed E-state index contributed by atoms with van der Waals surface area (Å²) in [5, 5.41) is 26.5. The summed E-state index contributed by atoms with van der Waals surface area (Å²) in [7, 11) is 0. The van der Waals surface area contributed by atoms with Crippen LogP contribution in [0.2, 0.25) is 0 Å². The average Bonchev–Trinajstić information content (AvgIpc) is 3.28. The van der Waals surface area contributed by atoms with E-state index in [0.29, 0.717) is 28.8 Å². The molecule has 37 heavy (non-hydrogen) atoms. The Morgan fingerprint density at radius 3 is 2.41 bits per heavy atom. The highest BCUT2D eigenvalue weighted by Gasteiger charge is 2.29. The van der Waals surface area contributed by atoms with Crippen LogP contribution in [0.15, 0.2) is 47.1 Å². The monoisotopic (exact) mass is 506 g/mol. The zero-order chi connectivity index (χ0) is 26.5. The third kappa shape index (κ3) is 6.00. The van der Waals surface area contributed by atoms with Crippen LogP contribution in [0.5, 0.6) is 11.5 Å². The van der Waals surface area contributed by atoms with Crippen LogP contribution in [-0.4, -0.2) is 72.0 Å². The smallest absolute Gasteiger partial charge is 0.271 e. The summed E-state index contributed by atoms with van der Waals surface area (Å²) in [5.41, 5.74) is 3.47. The van der Waals surface area contributed by atoms with Crippen LogP contribution in [-0.2, 0) is 16.1 Å². The first-order chi connectivity index (χ1) is 17.8. The highest BCUT2D eigenvalue weighted by atomic mass is 16.5. The lowest BCUT2D eigenvalue weighted by Crippen LogP contribution is -2.37. The van der Waals surface area contributed by atoms with Gasteiger partial charge in [0.2, 0.25) is 0 Å². The number of hydrogen-bond donors (Lipinski definition) is 4. The summed E-state index contributed by atoms with van der Waals surface area (Å²) in [6.45, 7) is 10.2. The number of rotatable bonds is 8. The minimum Gasteiger partial charge on any atom is -0.508 e. The summed E-state index contributed by atoms with van der Waals surface area (Å²) >= 11 is 0. The van der Waals surface area contributed by atoms with Crippen LogP contribution < -0.4 is 10.6 Å². The molecule has 1 fully saturated rings. The maximum absolute atomic E-state index is 13.3. The molecule has 2 heterocycles. The molecule has 0 spiro atoms. The number of benzene rings is 2. The number of aromatic hydroxyl groups is 2. The first-order valence-corrected chi connectivity index (χ1v) is 12.6. The number of ether oxygens (including phenoxy) is 1. The van der Waals surface area contributed by atoms with Crippen molar-refractivity contribution in [3.63, 3.8) is 0 Å². The minimum absolute atomic E-state index is 0.000787. The van der Waals surface area contributed by atoms with Gasteiger partial charge in [0.25, 0.3) is 11.8 Å². The molecular formula is C28H34N4O5. The quantitative estimate of drug-likeness (QED) is 0.437. The molecule has 9 nitrogen and oxygen atoms in total. The Morgan fingerprint density at radius 2 is 1.76 bits per heavy atom. The van der Waals surface area contributed by atoms with E-state index in [1.807, 2.05) is 26.0 Å². The van der Waals surface area contributed by atoms with E-state index >= 15 is 0 Å². The largest absolute Gasteiger partial charge is 0.508 e. The Morgan fingerprint density at radius 1 is 1.05 bits per heavy atom. The third-order valence-corrected chi connectivity index (χ3v) is 6.54. The predicted octanol–water partition coefficient (Wildman–Crippen LogP) is 2.79. The van der Waals surface area contributed by atoms with E-state index in [1.54, 1.807) is 25.1 Å². The van der Waals surface area contributed by atoms with Crippen LogP contribution in [0.3, 0.4) is 0 Å². The molecule has 0 aromatic heterocycles. The molecule has 0 atom stereocenters. The fourth-order valence-electron chi connectivity index (χ4n) is 4.51. The fourth-order valence-corrected chi connectivity index (χ4v) is 4.51. The van der Waals surface area contributed by atoms with Gasteiger partial charge in [-0.15, -0.1) is 0 Å². The lowest BCUT2D eigenvalue weighted by molar-refractivity contribution is -0.114. The Hall–Kier alpha value is -3.69. The lowest BCUT2D eigenvalue weighted by atomic mass is 9.94. The van der Waals surface area contributed by atoms with E-state index in [2.05, 4.69) is 20.5 Å². The molecule has 0 unspecified atom stereocenters. The molecule has 2 aliphatic heterocycles. The Kier molecular flexibility index (Phi) is 8.25. The fraction of sp³-hybridized carbons (Fsp3) is 0.393. The van der Waals surface area contributed by atoms with Crippen molar-refractivity contribution in [1.29, 1.82) is 0 Å². The minimum atomic E-state index is -0.406. The Labute approximate surface area is 216 Å². The molecule has 0 saturated carbocycles. The van der Waals surface area contributed by atoms with E-state index in [0.717, 1.165) is 38.4 Å². The molecule has 196 valence electrons. The zero-order valence-corrected chi connectivity index (χ0v) is 21.5. The summed E-state index contributed by atoms with van der Waals surface area (Å²) in [4.78, 5) is 32.7. The van der Waals surface area contributed by atoms with Gasteiger partial charge in [-0.1, -0.05) is 26.0 Å². The van der Waals surface area contributed by atoms with E-state index < -0.39 is 5.91 Å². The maximum Gasteiger partial charge on any atom is 0.271 e. The molecule has 0 radical (unpaired) electrons. The van der Waals surface area contributed by atoms with Crippen molar-refractivity contribution in [2.75, 3.05) is 39.4 Å². The van der Waals surface area contributed by atoms with Crippen LogP contribution in [0.1, 0.15) is 53.7 Å². The second kappa shape index (κ2) is 11.6. The molecule has 9 heteroatoms. The summed E-state index contributed by atoms with van der Waals surface area (Å²) in [5.74, 6) is -0.951. The van der Waals surface area contributed by atoms with E-state index in [4.69, 9.17) is 4.74 Å². The maximum atomic E-state index is 13.3. The first kappa shape index (κ1) is 26.4. The van der Waals surface area contributed by atoms with Crippen molar-refractivity contribution in [1.82, 2.24) is 15.5 Å². The van der Waals surface area contributed by atoms with Crippen molar-refractivity contribution in [2.24, 2.45) is 4.99 Å². The zero-order valence-electron chi connectivity index (χ0n) is 21.5. The predicted molar refractivity (Wildman–Crippen MR) is 142 cm³/mol.